The molecule has 20 heavy (non-hydrogen) atoms. The van der Waals surface area contributed by atoms with Gasteiger partial charge in [-0.1, -0.05) is 26.0 Å². The van der Waals surface area contributed by atoms with Crippen molar-refractivity contribution in [1.82, 2.24) is 5.32 Å². The molecule has 0 amide bonds. The molecule has 0 saturated heterocycles. The van der Waals surface area contributed by atoms with Crippen LogP contribution in [0.3, 0.4) is 0 Å². The van der Waals surface area contributed by atoms with Crippen molar-refractivity contribution in [3.8, 4) is 5.75 Å². The summed E-state index contributed by atoms with van der Waals surface area (Å²) in [5, 5.41) is 3.58. The molecule has 1 fully saturated rings. The Hall–Kier alpha value is -1.02. The van der Waals surface area contributed by atoms with Crippen molar-refractivity contribution in [2.45, 2.75) is 51.9 Å². The highest BCUT2D eigenvalue weighted by Gasteiger charge is 2.35. The van der Waals surface area contributed by atoms with Gasteiger partial charge in [0.05, 0.1) is 7.11 Å². The number of rotatable bonds is 5. The summed E-state index contributed by atoms with van der Waals surface area (Å²) >= 11 is 0. The van der Waals surface area contributed by atoms with Crippen LogP contribution in [-0.2, 0) is 5.41 Å². The average molecular weight is 275 g/mol. The lowest BCUT2D eigenvalue weighted by molar-refractivity contribution is 0.234. The zero-order valence-electron chi connectivity index (χ0n) is 13.5. The summed E-state index contributed by atoms with van der Waals surface area (Å²) in [7, 11) is 1.77. The summed E-state index contributed by atoms with van der Waals surface area (Å²) in [5.74, 6) is 1.90. The molecule has 0 heterocycles. The first kappa shape index (κ1) is 15.4. The zero-order valence-corrected chi connectivity index (χ0v) is 13.5. The first-order chi connectivity index (χ1) is 9.61. The first-order valence-corrected chi connectivity index (χ1v) is 7.97. The van der Waals surface area contributed by atoms with Crippen LogP contribution in [0.2, 0.25) is 0 Å². The molecule has 0 radical (unpaired) electrons. The fourth-order valence-electron chi connectivity index (χ4n) is 3.40. The molecule has 1 aromatic carbocycles. The van der Waals surface area contributed by atoms with Crippen LogP contribution < -0.4 is 10.1 Å². The fourth-order valence-corrected chi connectivity index (χ4v) is 3.40. The lowest BCUT2D eigenvalue weighted by atomic mass is 9.66. The third kappa shape index (κ3) is 3.17. The van der Waals surface area contributed by atoms with Gasteiger partial charge in [-0.25, -0.2) is 0 Å². The standard InChI is InChI=1S/C18H29NO/c1-5-19-13-18(10-8-14(2)9-11-18)16-7-6-15(3)17(12-16)20-4/h6-7,12,14,19H,5,8-11,13H2,1-4H3. The predicted octanol–water partition coefficient (Wildman–Crippen LogP) is 4.06. The second kappa shape index (κ2) is 6.62. The Balaban J connectivity index is 2.30. The Labute approximate surface area is 123 Å². The molecule has 1 aliphatic carbocycles. The summed E-state index contributed by atoms with van der Waals surface area (Å²) in [6.45, 7) is 8.81. The van der Waals surface area contributed by atoms with Crippen molar-refractivity contribution in [3.63, 3.8) is 0 Å². The maximum absolute atomic E-state index is 5.53. The molecule has 112 valence electrons. The number of likely N-dealkylation sites (N-methyl/N-ethyl adjacent to an activating group) is 1. The van der Waals surface area contributed by atoms with Crippen molar-refractivity contribution in [2.75, 3.05) is 20.2 Å². The highest BCUT2D eigenvalue weighted by molar-refractivity contribution is 5.40. The van der Waals surface area contributed by atoms with E-state index in [0.717, 1.165) is 24.8 Å². The van der Waals surface area contributed by atoms with Gasteiger partial charge in [-0.05, 0) is 62.3 Å². The third-order valence-corrected chi connectivity index (χ3v) is 4.97. The van der Waals surface area contributed by atoms with E-state index in [1.165, 1.54) is 36.8 Å². The summed E-state index contributed by atoms with van der Waals surface area (Å²) in [6, 6.07) is 6.79. The van der Waals surface area contributed by atoms with Gasteiger partial charge in [-0.2, -0.15) is 0 Å². The molecule has 1 saturated carbocycles. The molecule has 1 N–H and O–H groups in total. The monoisotopic (exact) mass is 275 g/mol. The van der Waals surface area contributed by atoms with E-state index in [0.29, 0.717) is 5.41 Å². The maximum atomic E-state index is 5.53. The number of methoxy groups -OCH3 is 1. The topological polar surface area (TPSA) is 21.3 Å². The zero-order chi connectivity index (χ0) is 14.6. The molecule has 2 nitrogen and oxygen atoms in total. The highest BCUT2D eigenvalue weighted by atomic mass is 16.5. The van der Waals surface area contributed by atoms with Crippen LogP contribution in [-0.4, -0.2) is 20.2 Å². The minimum Gasteiger partial charge on any atom is -0.496 e. The SMILES string of the molecule is CCNCC1(c2ccc(C)c(OC)c2)CCC(C)CC1. The largest absolute Gasteiger partial charge is 0.496 e. The molecule has 0 aromatic heterocycles. The second-order valence-electron chi connectivity index (χ2n) is 6.43. The Kier molecular flexibility index (Phi) is 5.09. The molecule has 0 atom stereocenters. The van der Waals surface area contributed by atoms with E-state index in [2.05, 4.69) is 44.3 Å². The number of ether oxygens (including phenoxy) is 1. The van der Waals surface area contributed by atoms with Crippen molar-refractivity contribution in [3.05, 3.63) is 29.3 Å². The minimum absolute atomic E-state index is 0.295. The molecular weight excluding hydrogens is 246 g/mol. The smallest absolute Gasteiger partial charge is 0.122 e. The van der Waals surface area contributed by atoms with Gasteiger partial charge in [0, 0.05) is 12.0 Å². The van der Waals surface area contributed by atoms with E-state index in [1.54, 1.807) is 7.11 Å². The summed E-state index contributed by atoms with van der Waals surface area (Å²) in [4.78, 5) is 0. The first-order valence-electron chi connectivity index (χ1n) is 7.97. The number of hydrogen-bond acceptors (Lipinski definition) is 2. The van der Waals surface area contributed by atoms with E-state index in [1.807, 2.05) is 0 Å². The molecule has 0 aliphatic heterocycles. The minimum atomic E-state index is 0.295. The second-order valence-corrected chi connectivity index (χ2v) is 6.43. The van der Waals surface area contributed by atoms with Gasteiger partial charge in [-0.3, -0.25) is 0 Å². The van der Waals surface area contributed by atoms with Crippen LogP contribution in [0.4, 0.5) is 0 Å². The fraction of sp³-hybridized carbons (Fsp3) is 0.667. The van der Waals surface area contributed by atoms with E-state index in [9.17, 15) is 0 Å². The molecule has 0 bridgehead atoms. The predicted molar refractivity (Wildman–Crippen MR) is 85.6 cm³/mol. The van der Waals surface area contributed by atoms with Gasteiger partial charge in [0.2, 0.25) is 0 Å². The van der Waals surface area contributed by atoms with Crippen LogP contribution in [0.1, 0.15) is 50.7 Å². The van der Waals surface area contributed by atoms with Gasteiger partial charge in [0.1, 0.15) is 5.75 Å². The lowest BCUT2D eigenvalue weighted by Crippen LogP contribution is -2.41. The van der Waals surface area contributed by atoms with Crippen LogP contribution in [0.15, 0.2) is 18.2 Å². The summed E-state index contributed by atoms with van der Waals surface area (Å²) < 4.78 is 5.53. The Morgan fingerprint density at radius 1 is 1.30 bits per heavy atom. The van der Waals surface area contributed by atoms with E-state index in [-0.39, 0.29) is 0 Å². The number of aryl methyl sites for hydroxylation is 1. The number of nitrogens with one attached hydrogen (secondary N) is 1. The molecular formula is C18H29NO. The van der Waals surface area contributed by atoms with E-state index in [4.69, 9.17) is 4.74 Å². The van der Waals surface area contributed by atoms with Crippen molar-refractivity contribution in [1.29, 1.82) is 0 Å². The summed E-state index contributed by atoms with van der Waals surface area (Å²) in [6.07, 6.45) is 5.24. The van der Waals surface area contributed by atoms with Gasteiger partial charge in [0.15, 0.2) is 0 Å². The van der Waals surface area contributed by atoms with Crippen LogP contribution in [0.5, 0.6) is 5.75 Å². The van der Waals surface area contributed by atoms with Crippen LogP contribution in [0, 0.1) is 12.8 Å². The van der Waals surface area contributed by atoms with Gasteiger partial charge < -0.3 is 10.1 Å². The molecule has 0 spiro atoms. The third-order valence-electron chi connectivity index (χ3n) is 4.97. The Bertz CT molecular complexity index is 428. The lowest BCUT2D eigenvalue weighted by Gasteiger charge is -2.40. The van der Waals surface area contributed by atoms with Crippen molar-refractivity contribution >= 4 is 0 Å². The molecule has 2 rings (SSSR count). The van der Waals surface area contributed by atoms with E-state index < -0.39 is 0 Å². The quantitative estimate of drug-likeness (QED) is 0.875. The Morgan fingerprint density at radius 2 is 2.00 bits per heavy atom. The molecule has 2 heteroatoms. The van der Waals surface area contributed by atoms with Gasteiger partial charge in [-0.15, -0.1) is 0 Å². The number of benzene rings is 1. The number of hydrogen-bond donors (Lipinski definition) is 1. The van der Waals surface area contributed by atoms with Crippen LogP contribution >= 0.6 is 0 Å². The Morgan fingerprint density at radius 3 is 2.60 bits per heavy atom. The van der Waals surface area contributed by atoms with Gasteiger partial charge >= 0.3 is 0 Å². The molecule has 1 aromatic rings. The van der Waals surface area contributed by atoms with Crippen LogP contribution in [0.25, 0.3) is 0 Å². The van der Waals surface area contributed by atoms with Gasteiger partial charge in [0.25, 0.3) is 0 Å². The molecule has 1 aliphatic rings. The normalized spacial score (nSPS) is 26.5. The summed E-state index contributed by atoms with van der Waals surface area (Å²) in [5.41, 5.74) is 2.97. The highest BCUT2D eigenvalue weighted by Crippen LogP contribution is 2.42. The van der Waals surface area contributed by atoms with E-state index >= 15 is 0 Å². The maximum Gasteiger partial charge on any atom is 0.122 e. The average Bonchev–Trinajstić information content (AvgIpc) is 2.48. The molecule has 0 unspecified atom stereocenters. The van der Waals surface area contributed by atoms with Crippen molar-refractivity contribution in [2.24, 2.45) is 5.92 Å². The van der Waals surface area contributed by atoms with Crippen molar-refractivity contribution < 1.29 is 4.74 Å².